The summed E-state index contributed by atoms with van der Waals surface area (Å²) in [6.07, 6.45) is 3.52. The molecule has 4 heteroatoms. The third kappa shape index (κ3) is 5.36. The van der Waals surface area contributed by atoms with Crippen molar-refractivity contribution in [3.63, 3.8) is 0 Å². The van der Waals surface area contributed by atoms with Gasteiger partial charge in [0.1, 0.15) is 11.6 Å². The molecule has 0 aromatic carbocycles. The van der Waals surface area contributed by atoms with Gasteiger partial charge in [-0.05, 0) is 52.4 Å². The molecule has 1 unspecified atom stereocenters. The van der Waals surface area contributed by atoms with Gasteiger partial charge >= 0.3 is 5.97 Å². The standard InChI is InChI=1S/C14H27NO3/c1-11(12(16)18-13(2,3)4)15-10-14(6-7-14)8-9-17-5/h11,15H,6-10H2,1-5H3. The van der Waals surface area contributed by atoms with Crippen LogP contribution in [-0.4, -0.2) is 37.9 Å². The van der Waals surface area contributed by atoms with E-state index in [-0.39, 0.29) is 12.0 Å². The molecule has 1 N–H and O–H groups in total. The molecule has 0 saturated heterocycles. The van der Waals surface area contributed by atoms with Crippen molar-refractivity contribution in [1.82, 2.24) is 5.32 Å². The zero-order chi connectivity index (χ0) is 13.8. The van der Waals surface area contributed by atoms with Crippen molar-refractivity contribution in [3.05, 3.63) is 0 Å². The third-order valence-electron chi connectivity index (χ3n) is 3.34. The van der Waals surface area contributed by atoms with Crippen molar-refractivity contribution >= 4 is 5.97 Å². The Balaban J connectivity index is 2.28. The van der Waals surface area contributed by atoms with Gasteiger partial charge < -0.3 is 14.8 Å². The molecule has 0 aliphatic heterocycles. The molecule has 1 fully saturated rings. The molecule has 1 rings (SSSR count). The fourth-order valence-corrected chi connectivity index (χ4v) is 1.85. The Morgan fingerprint density at radius 3 is 2.44 bits per heavy atom. The molecule has 0 heterocycles. The van der Waals surface area contributed by atoms with Crippen molar-refractivity contribution in [2.24, 2.45) is 5.41 Å². The van der Waals surface area contributed by atoms with Gasteiger partial charge in [0.2, 0.25) is 0 Å². The Morgan fingerprint density at radius 2 is 2.00 bits per heavy atom. The second-order valence-corrected chi connectivity index (χ2v) is 6.38. The molecular formula is C14H27NO3. The number of methoxy groups -OCH3 is 1. The van der Waals surface area contributed by atoms with E-state index in [1.54, 1.807) is 7.11 Å². The van der Waals surface area contributed by atoms with E-state index in [0.717, 1.165) is 19.6 Å². The third-order valence-corrected chi connectivity index (χ3v) is 3.34. The van der Waals surface area contributed by atoms with Crippen LogP contribution in [0.5, 0.6) is 0 Å². The monoisotopic (exact) mass is 257 g/mol. The molecule has 1 saturated carbocycles. The molecule has 1 aliphatic rings. The smallest absolute Gasteiger partial charge is 0.323 e. The summed E-state index contributed by atoms with van der Waals surface area (Å²) < 4.78 is 10.5. The second kappa shape index (κ2) is 6.02. The number of hydrogen-bond donors (Lipinski definition) is 1. The molecule has 18 heavy (non-hydrogen) atoms. The zero-order valence-electron chi connectivity index (χ0n) is 12.3. The predicted molar refractivity (Wildman–Crippen MR) is 71.5 cm³/mol. The highest BCUT2D eigenvalue weighted by molar-refractivity contribution is 5.75. The van der Waals surface area contributed by atoms with Gasteiger partial charge in [-0.25, -0.2) is 0 Å². The molecule has 0 amide bonds. The lowest BCUT2D eigenvalue weighted by Crippen LogP contribution is -2.41. The summed E-state index contributed by atoms with van der Waals surface area (Å²) in [5.74, 6) is -0.176. The SMILES string of the molecule is COCCC1(CNC(C)C(=O)OC(C)(C)C)CC1. The summed E-state index contributed by atoms with van der Waals surface area (Å²) in [5.41, 5.74) is -0.0629. The molecule has 4 nitrogen and oxygen atoms in total. The van der Waals surface area contributed by atoms with Gasteiger partial charge in [-0.1, -0.05) is 0 Å². The minimum absolute atomic E-state index is 0.176. The largest absolute Gasteiger partial charge is 0.459 e. The molecule has 0 aromatic heterocycles. The van der Waals surface area contributed by atoms with Gasteiger partial charge in [-0.3, -0.25) is 4.79 Å². The van der Waals surface area contributed by atoms with E-state index in [1.165, 1.54) is 12.8 Å². The van der Waals surface area contributed by atoms with Crippen molar-refractivity contribution in [2.75, 3.05) is 20.3 Å². The van der Waals surface area contributed by atoms with Crippen molar-refractivity contribution in [2.45, 2.75) is 58.6 Å². The summed E-state index contributed by atoms with van der Waals surface area (Å²) >= 11 is 0. The number of esters is 1. The van der Waals surface area contributed by atoms with E-state index in [1.807, 2.05) is 27.7 Å². The topological polar surface area (TPSA) is 47.6 Å². The Morgan fingerprint density at radius 1 is 1.39 bits per heavy atom. The van der Waals surface area contributed by atoms with Crippen LogP contribution in [0.1, 0.15) is 47.0 Å². The average Bonchev–Trinajstić information content (AvgIpc) is 3.01. The fourth-order valence-electron chi connectivity index (χ4n) is 1.85. The van der Waals surface area contributed by atoms with Gasteiger partial charge in [-0.2, -0.15) is 0 Å². The summed E-state index contributed by atoms with van der Waals surface area (Å²) in [5, 5.41) is 3.29. The van der Waals surface area contributed by atoms with Gasteiger partial charge in [-0.15, -0.1) is 0 Å². The first-order valence-electron chi connectivity index (χ1n) is 6.73. The molecular weight excluding hydrogens is 230 g/mol. The van der Waals surface area contributed by atoms with Crippen LogP contribution in [0.4, 0.5) is 0 Å². The van der Waals surface area contributed by atoms with E-state index in [0.29, 0.717) is 5.41 Å². The van der Waals surface area contributed by atoms with Gasteiger partial charge in [0.15, 0.2) is 0 Å². The molecule has 0 radical (unpaired) electrons. The maximum absolute atomic E-state index is 11.8. The van der Waals surface area contributed by atoms with Gasteiger partial charge in [0.25, 0.3) is 0 Å². The first-order valence-corrected chi connectivity index (χ1v) is 6.73. The highest BCUT2D eigenvalue weighted by atomic mass is 16.6. The van der Waals surface area contributed by atoms with Crippen LogP contribution in [0.3, 0.4) is 0 Å². The van der Waals surface area contributed by atoms with E-state index in [2.05, 4.69) is 5.32 Å². The minimum atomic E-state index is -0.416. The van der Waals surface area contributed by atoms with E-state index in [4.69, 9.17) is 9.47 Å². The summed E-state index contributed by atoms with van der Waals surface area (Å²) in [6, 6.07) is -0.246. The minimum Gasteiger partial charge on any atom is -0.459 e. The molecule has 0 spiro atoms. The van der Waals surface area contributed by atoms with Crippen molar-refractivity contribution < 1.29 is 14.3 Å². The molecule has 0 bridgehead atoms. The van der Waals surface area contributed by atoms with Crippen LogP contribution in [0.25, 0.3) is 0 Å². The number of nitrogens with one attached hydrogen (secondary N) is 1. The summed E-state index contributed by atoms with van der Waals surface area (Å²) in [4.78, 5) is 11.8. The maximum atomic E-state index is 11.8. The molecule has 1 atom stereocenters. The van der Waals surface area contributed by atoms with Crippen LogP contribution >= 0.6 is 0 Å². The highest BCUT2D eigenvalue weighted by Gasteiger charge is 2.42. The van der Waals surface area contributed by atoms with Crippen molar-refractivity contribution in [3.8, 4) is 0 Å². The lowest BCUT2D eigenvalue weighted by molar-refractivity contribution is -0.157. The molecule has 106 valence electrons. The number of rotatable bonds is 7. The number of carbonyl (C=O) groups excluding carboxylic acids is 1. The van der Waals surface area contributed by atoms with Gasteiger partial charge in [0.05, 0.1) is 0 Å². The van der Waals surface area contributed by atoms with E-state index < -0.39 is 5.60 Å². The Hall–Kier alpha value is -0.610. The molecule has 0 aromatic rings. The van der Waals surface area contributed by atoms with Crippen LogP contribution in [0, 0.1) is 5.41 Å². The predicted octanol–water partition coefficient (Wildman–Crippen LogP) is 2.12. The van der Waals surface area contributed by atoms with Crippen molar-refractivity contribution in [1.29, 1.82) is 0 Å². The van der Waals surface area contributed by atoms with Crippen LogP contribution in [0.2, 0.25) is 0 Å². The fraction of sp³-hybridized carbons (Fsp3) is 0.929. The number of ether oxygens (including phenoxy) is 2. The van der Waals surface area contributed by atoms with Crippen LogP contribution < -0.4 is 5.32 Å². The second-order valence-electron chi connectivity index (χ2n) is 6.38. The normalized spacial score (nSPS) is 19.4. The van der Waals surface area contributed by atoms with E-state index in [9.17, 15) is 4.79 Å². The first kappa shape index (κ1) is 15.4. The Bertz CT molecular complexity index is 279. The number of hydrogen-bond acceptors (Lipinski definition) is 4. The molecule has 1 aliphatic carbocycles. The zero-order valence-corrected chi connectivity index (χ0v) is 12.3. The highest BCUT2D eigenvalue weighted by Crippen LogP contribution is 2.48. The summed E-state index contributed by atoms with van der Waals surface area (Å²) in [6.45, 7) is 9.19. The average molecular weight is 257 g/mol. The first-order chi connectivity index (χ1) is 8.28. The summed E-state index contributed by atoms with van der Waals surface area (Å²) in [7, 11) is 1.73. The Labute approximate surface area is 110 Å². The van der Waals surface area contributed by atoms with E-state index >= 15 is 0 Å². The number of carbonyl (C=O) groups is 1. The quantitative estimate of drug-likeness (QED) is 0.710. The van der Waals surface area contributed by atoms with Crippen LogP contribution in [0.15, 0.2) is 0 Å². The lowest BCUT2D eigenvalue weighted by atomic mass is 10.0. The maximum Gasteiger partial charge on any atom is 0.323 e. The Kier molecular flexibility index (Phi) is 5.17. The van der Waals surface area contributed by atoms with Crippen LogP contribution in [-0.2, 0) is 14.3 Å². The van der Waals surface area contributed by atoms with Gasteiger partial charge in [0, 0.05) is 20.3 Å². The lowest BCUT2D eigenvalue weighted by Gasteiger charge is -2.24.